The Labute approximate surface area is 219 Å². The highest BCUT2D eigenvalue weighted by Crippen LogP contribution is 2.24. The molecule has 0 spiro atoms. The van der Waals surface area contributed by atoms with Crippen molar-refractivity contribution in [3.8, 4) is 11.5 Å². The average molecular weight is 500 g/mol. The van der Waals surface area contributed by atoms with Crippen molar-refractivity contribution < 1.29 is 14.3 Å². The molecule has 0 radical (unpaired) electrons. The number of benzene rings is 3. The van der Waals surface area contributed by atoms with Crippen molar-refractivity contribution in [2.75, 3.05) is 13.7 Å². The molecule has 4 rings (SSSR count). The number of hydrogen-bond donors (Lipinski definition) is 1. The fraction of sp³-hybridized carbons (Fsp3) is 0.355. The van der Waals surface area contributed by atoms with Crippen LogP contribution in [0.3, 0.4) is 0 Å². The first kappa shape index (κ1) is 26.3. The van der Waals surface area contributed by atoms with Gasteiger partial charge in [0.2, 0.25) is 0 Å². The van der Waals surface area contributed by atoms with Crippen molar-refractivity contribution in [3.63, 3.8) is 0 Å². The number of nitrogens with zero attached hydrogens (tertiary/aromatic N) is 2. The Morgan fingerprint density at radius 3 is 2.46 bits per heavy atom. The van der Waals surface area contributed by atoms with Crippen LogP contribution in [0.4, 0.5) is 0 Å². The molecule has 0 aliphatic heterocycles. The van der Waals surface area contributed by atoms with E-state index in [2.05, 4.69) is 54.1 Å². The fourth-order valence-electron chi connectivity index (χ4n) is 4.52. The topological polar surface area (TPSA) is 65.4 Å². The van der Waals surface area contributed by atoms with Crippen LogP contribution in [0.5, 0.6) is 11.5 Å². The predicted molar refractivity (Wildman–Crippen MR) is 148 cm³/mol. The number of rotatable bonds is 12. The quantitative estimate of drug-likeness (QED) is 0.215. The molecule has 0 aliphatic rings. The average Bonchev–Trinajstić information content (AvgIpc) is 3.31. The van der Waals surface area contributed by atoms with Crippen molar-refractivity contribution in [1.29, 1.82) is 0 Å². The van der Waals surface area contributed by atoms with Gasteiger partial charge in [0.15, 0.2) is 0 Å². The summed E-state index contributed by atoms with van der Waals surface area (Å²) in [5, 5.41) is 3.10. The van der Waals surface area contributed by atoms with E-state index in [1.807, 2.05) is 37.3 Å². The number of amides is 1. The van der Waals surface area contributed by atoms with Gasteiger partial charge < -0.3 is 19.4 Å². The molecule has 0 saturated carbocycles. The molecule has 1 aromatic heterocycles. The van der Waals surface area contributed by atoms with Gasteiger partial charge in [-0.1, -0.05) is 50.2 Å². The van der Waals surface area contributed by atoms with E-state index in [-0.39, 0.29) is 11.9 Å². The van der Waals surface area contributed by atoms with Gasteiger partial charge in [0.1, 0.15) is 17.3 Å². The number of methoxy groups -OCH3 is 1. The van der Waals surface area contributed by atoms with Gasteiger partial charge in [0.05, 0.1) is 36.4 Å². The third-order valence-corrected chi connectivity index (χ3v) is 6.88. The molecule has 4 aromatic rings. The van der Waals surface area contributed by atoms with Gasteiger partial charge in [-0.15, -0.1) is 0 Å². The molecular weight excluding hydrogens is 462 g/mol. The highest BCUT2D eigenvalue weighted by atomic mass is 16.5. The molecule has 0 fully saturated rings. The number of carbonyl (C=O) groups is 1. The maximum absolute atomic E-state index is 13.0. The van der Waals surface area contributed by atoms with Gasteiger partial charge in [-0.3, -0.25) is 4.79 Å². The smallest absolute Gasteiger partial charge is 0.255 e. The van der Waals surface area contributed by atoms with E-state index < -0.39 is 0 Å². The third kappa shape index (κ3) is 6.31. The van der Waals surface area contributed by atoms with Crippen LogP contribution >= 0.6 is 0 Å². The number of imidazole rings is 1. The Kier molecular flexibility index (Phi) is 8.83. The van der Waals surface area contributed by atoms with E-state index in [0.717, 1.165) is 48.4 Å². The zero-order valence-electron chi connectivity index (χ0n) is 22.2. The molecule has 0 saturated heterocycles. The minimum Gasteiger partial charge on any atom is -0.496 e. The number of unbranched alkanes of at least 4 members (excludes halogenated alkanes) is 1. The Morgan fingerprint density at radius 2 is 1.70 bits per heavy atom. The molecular formula is C31H37N3O3. The van der Waals surface area contributed by atoms with Crippen molar-refractivity contribution in [2.45, 2.75) is 58.5 Å². The summed E-state index contributed by atoms with van der Waals surface area (Å²) < 4.78 is 13.6. The molecule has 1 amide bonds. The summed E-state index contributed by atoms with van der Waals surface area (Å²) in [7, 11) is 1.57. The molecule has 0 aliphatic carbocycles. The molecule has 37 heavy (non-hydrogen) atoms. The summed E-state index contributed by atoms with van der Waals surface area (Å²) in [5.74, 6) is 2.68. The standard InChI is InChI=1S/C31H37N3O3/c1-5-22(2)24-16-18-25(19-17-24)37-21-11-10-20-34-28-14-8-7-13-27(28)33-30(34)23(3)32-31(35)26-12-6-9-15-29(26)36-4/h6-9,12-19,22-23H,5,10-11,20-21H2,1-4H3,(H,32,35). The minimum absolute atomic E-state index is 0.184. The number of nitrogens with one attached hydrogen (secondary N) is 1. The number of ether oxygens (including phenoxy) is 2. The largest absolute Gasteiger partial charge is 0.496 e. The summed E-state index contributed by atoms with van der Waals surface area (Å²) in [6.45, 7) is 7.87. The summed E-state index contributed by atoms with van der Waals surface area (Å²) in [5.41, 5.74) is 3.85. The van der Waals surface area contributed by atoms with Crippen LogP contribution in [0.1, 0.15) is 73.7 Å². The van der Waals surface area contributed by atoms with E-state index in [9.17, 15) is 4.79 Å². The minimum atomic E-state index is -0.273. The molecule has 0 bridgehead atoms. The third-order valence-electron chi connectivity index (χ3n) is 6.88. The molecule has 1 heterocycles. The van der Waals surface area contributed by atoms with Crippen LogP contribution in [0.25, 0.3) is 11.0 Å². The lowest BCUT2D eigenvalue weighted by Gasteiger charge is -2.17. The summed E-state index contributed by atoms with van der Waals surface area (Å²) in [6.07, 6.45) is 2.99. The van der Waals surface area contributed by atoms with Crippen molar-refractivity contribution in [2.24, 2.45) is 0 Å². The monoisotopic (exact) mass is 499 g/mol. The van der Waals surface area contributed by atoms with Crippen molar-refractivity contribution in [1.82, 2.24) is 14.9 Å². The lowest BCUT2D eigenvalue weighted by Crippen LogP contribution is -2.29. The van der Waals surface area contributed by atoms with Crippen LogP contribution in [0.15, 0.2) is 72.8 Å². The van der Waals surface area contributed by atoms with Gasteiger partial charge in [0, 0.05) is 6.54 Å². The van der Waals surface area contributed by atoms with Crippen LogP contribution in [-0.2, 0) is 6.54 Å². The number of carbonyl (C=O) groups excluding carboxylic acids is 1. The van der Waals surface area contributed by atoms with Crippen LogP contribution in [-0.4, -0.2) is 29.2 Å². The zero-order chi connectivity index (χ0) is 26.2. The number of para-hydroxylation sites is 3. The van der Waals surface area contributed by atoms with E-state index in [4.69, 9.17) is 14.5 Å². The van der Waals surface area contributed by atoms with Crippen LogP contribution < -0.4 is 14.8 Å². The first-order valence-electron chi connectivity index (χ1n) is 13.1. The van der Waals surface area contributed by atoms with E-state index in [0.29, 0.717) is 23.8 Å². The van der Waals surface area contributed by atoms with Gasteiger partial charge >= 0.3 is 0 Å². The Morgan fingerprint density at radius 1 is 0.973 bits per heavy atom. The highest BCUT2D eigenvalue weighted by molar-refractivity contribution is 5.97. The number of aromatic nitrogens is 2. The SMILES string of the molecule is CCC(C)c1ccc(OCCCCn2c(C(C)NC(=O)c3ccccc3OC)nc3ccccc32)cc1. The fourth-order valence-corrected chi connectivity index (χ4v) is 4.52. The second kappa shape index (κ2) is 12.4. The van der Waals surface area contributed by atoms with Gasteiger partial charge in [0.25, 0.3) is 5.91 Å². The van der Waals surface area contributed by atoms with Gasteiger partial charge in [-0.25, -0.2) is 4.98 Å². The van der Waals surface area contributed by atoms with Gasteiger partial charge in [-0.2, -0.15) is 0 Å². The zero-order valence-corrected chi connectivity index (χ0v) is 22.2. The van der Waals surface area contributed by atoms with Gasteiger partial charge in [-0.05, 0) is 74.1 Å². The molecule has 6 nitrogen and oxygen atoms in total. The number of hydrogen-bond acceptors (Lipinski definition) is 4. The molecule has 2 unspecified atom stereocenters. The maximum atomic E-state index is 13.0. The molecule has 194 valence electrons. The summed E-state index contributed by atoms with van der Waals surface area (Å²) in [6, 6.07) is 23.5. The molecule has 2 atom stereocenters. The Balaban J connectivity index is 1.39. The van der Waals surface area contributed by atoms with Crippen molar-refractivity contribution >= 4 is 16.9 Å². The van der Waals surface area contributed by atoms with Crippen molar-refractivity contribution in [3.05, 3.63) is 89.7 Å². The molecule has 1 N–H and O–H groups in total. The van der Waals surface area contributed by atoms with E-state index in [1.165, 1.54) is 5.56 Å². The first-order chi connectivity index (χ1) is 18.0. The normalized spacial score (nSPS) is 12.8. The summed E-state index contributed by atoms with van der Waals surface area (Å²) in [4.78, 5) is 17.9. The maximum Gasteiger partial charge on any atom is 0.255 e. The van der Waals surface area contributed by atoms with Crippen LogP contribution in [0, 0.1) is 0 Å². The Hall–Kier alpha value is -3.80. The lowest BCUT2D eigenvalue weighted by molar-refractivity contribution is 0.0934. The lowest BCUT2D eigenvalue weighted by atomic mass is 9.99. The number of fused-ring (bicyclic) bond motifs is 1. The summed E-state index contributed by atoms with van der Waals surface area (Å²) >= 11 is 0. The van der Waals surface area contributed by atoms with Crippen LogP contribution in [0.2, 0.25) is 0 Å². The van der Waals surface area contributed by atoms with E-state index >= 15 is 0 Å². The first-order valence-corrected chi connectivity index (χ1v) is 13.1. The second-order valence-corrected chi connectivity index (χ2v) is 9.44. The highest BCUT2D eigenvalue weighted by Gasteiger charge is 2.20. The number of aryl methyl sites for hydroxylation is 1. The Bertz CT molecular complexity index is 1310. The molecule has 3 aromatic carbocycles. The predicted octanol–water partition coefficient (Wildman–Crippen LogP) is 6.91. The molecule has 6 heteroatoms. The second-order valence-electron chi connectivity index (χ2n) is 9.44. The van der Waals surface area contributed by atoms with E-state index in [1.54, 1.807) is 19.2 Å².